The SMILES string of the molecule is COc1cccc(N)c1C(=O)N1CCN2C(=O)NCC2C1. The molecule has 2 aliphatic rings. The zero-order valence-electron chi connectivity index (χ0n) is 11.8. The van der Waals surface area contributed by atoms with Crippen LogP contribution in [-0.4, -0.2) is 61.1 Å². The number of hydrogen-bond donors (Lipinski definition) is 2. The number of nitrogens with two attached hydrogens (primary N) is 1. The summed E-state index contributed by atoms with van der Waals surface area (Å²) >= 11 is 0. The molecule has 2 saturated heterocycles. The zero-order chi connectivity index (χ0) is 15.0. The molecule has 0 aliphatic carbocycles. The summed E-state index contributed by atoms with van der Waals surface area (Å²) in [6.07, 6.45) is 0. The molecule has 7 nitrogen and oxygen atoms in total. The third kappa shape index (κ3) is 2.24. The van der Waals surface area contributed by atoms with Crippen LogP contribution in [0.4, 0.5) is 10.5 Å². The maximum Gasteiger partial charge on any atom is 0.317 e. The first-order chi connectivity index (χ1) is 10.1. The average Bonchev–Trinajstić information content (AvgIpc) is 2.87. The van der Waals surface area contributed by atoms with Crippen molar-refractivity contribution < 1.29 is 14.3 Å². The van der Waals surface area contributed by atoms with Gasteiger partial charge in [-0.2, -0.15) is 0 Å². The van der Waals surface area contributed by atoms with Crippen molar-refractivity contribution in [3.05, 3.63) is 23.8 Å². The van der Waals surface area contributed by atoms with Gasteiger partial charge in [-0.25, -0.2) is 4.79 Å². The normalized spacial score (nSPS) is 21.0. The Morgan fingerprint density at radius 2 is 2.24 bits per heavy atom. The second-order valence-corrected chi connectivity index (χ2v) is 5.21. The summed E-state index contributed by atoms with van der Waals surface area (Å²) in [6, 6.07) is 5.14. The lowest BCUT2D eigenvalue weighted by Crippen LogP contribution is -2.53. The van der Waals surface area contributed by atoms with Gasteiger partial charge in [-0.15, -0.1) is 0 Å². The highest BCUT2D eigenvalue weighted by Crippen LogP contribution is 2.27. The number of nitrogen functional groups attached to an aromatic ring is 1. The molecule has 2 fully saturated rings. The fourth-order valence-electron chi connectivity index (χ4n) is 2.89. The Labute approximate surface area is 122 Å². The second kappa shape index (κ2) is 5.16. The molecule has 0 aromatic heterocycles. The van der Waals surface area contributed by atoms with Gasteiger partial charge in [0, 0.05) is 31.9 Å². The molecule has 0 bridgehead atoms. The monoisotopic (exact) mass is 290 g/mol. The van der Waals surface area contributed by atoms with Crippen LogP contribution in [0, 0.1) is 0 Å². The molecular weight excluding hydrogens is 272 g/mol. The van der Waals surface area contributed by atoms with E-state index in [2.05, 4.69) is 5.32 Å². The van der Waals surface area contributed by atoms with Gasteiger partial charge in [0.2, 0.25) is 0 Å². The Kier molecular flexibility index (Phi) is 3.32. The van der Waals surface area contributed by atoms with Crippen LogP contribution in [0.25, 0.3) is 0 Å². The lowest BCUT2D eigenvalue weighted by Gasteiger charge is -2.36. The lowest BCUT2D eigenvalue weighted by molar-refractivity contribution is 0.0615. The molecule has 1 aromatic carbocycles. The zero-order valence-corrected chi connectivity index (χ0v) is 11.8. The topological polar surface area (TPSA) is 87.9 Å². The summed E-state index contributed by atoms with van der Waals surface area (Å²) in [7, 11) is 1.52. The van der Waals surface area contributed by atoms with Gasteiger partial charge in [0.25, 0.3) is 5.91 Å². The second-order valence-electron chi connectivity index (χ2n) is 5.21. The minimum Gasteiger partial charge on any atom is -0.496 e. The standard InChI is InChI=1S/C14H18N4O3/c1-21-11-4-2-3-10(15)12(11)13(19)17-5-6-18-9(8-17)7-16-14(18)20/h2-4,9H,5-8,15H2,1H3,(H,16,20). The van der Waals surface area contributed by atoms with Crippen molar-refractivity contribution in [2.24, 2.45) is 0 Å². The fourth-order valence-corrected chi connectivity index (χ4v) is 2.89. The minimum atomic E-state index is -0.149. The van der Waals surface area contributed by atoms with Crippen LogP contribution in [0.15, 0.2) is 18.2 Å². The molecular formula is C14H18N4O3. The van der Waals surface area contributed by atoms with E-state index in [1.165, 1.54) is 7.11 Å². The number of ether oxygens (including phenoxy) is 1. The van der Waals surface area contributed by atoms with E-state index in [4.69, 9.17) is 10.5 Å². The number of carbonyl (C=O) groups is 2. The average molecular weight is 290 g/mol. The highest BCUT2D eigenvalue weighted by Gasteiger charge is 2.37. The summed E-state index contributed by atoms with van der Waals surface area (Å²) < 4.78 is 5.24. The van der Waals surface area contributed by atoms with Crippen molar-refractivity contribution in [3.63, 3.8) is 0 Å². The number of urea groups is 1. The first-order valence-electron chi connectivity index (χ1n) is 6.88. The molecule has 0 saturated carbocycles. The Bertz CT molecular complexity index is 590. The first kappa shape index (κ1) is 13.5. The predicted molar refractivity (Wildman–Crippen MR) is 77.2 cm³/mol. The van der Waals surface area contributed by atoms with Gasteiger partial charge in [0.15, 0.2) is 0 Å². The molecule has 112 valence electrons. The summed E-state index contributed by atoms with van der Waals surface area (Å²) in [5.74, 6) is 0.326. The molecule has 3 rings (SSSR count). The van der Waals surface area contributed by atoms with Crippen molar-refractivity contribution in [2.45, 2.75) is 6.04 Å². The quantitative estimate of drug-likeness (QED) is 0.758. The van der Waals surface area contributed by atoms with Crippen LogP contribution < -0.4 is 15.8 Å². The van der Waals surface area contributed by atoms with Crippen molar-refractivity contribution in [1.82, 2.24) is 15.1 Å². The van der Waals surface area contributed by atoms with Gasteiger partial charge >= 0.3 is 6.03 Å². The maximum absolute atomic E-state index is 12.7. The third-order valence-corrected chi connectivity index (χ3v) is 4.01. The first-order valence-corrected chi connectivity index (χ1v) is 6.88. The number of nitrogens with one attached hydrogen (secondary N) is 1. The van der Waals surface area contributed by atoms with Gasteiger partial charge in [-0.3, -0.25) is 4.79 Å². The molecule has 0 radical (unpaired) electrons. The van der Waals surface area contributed by atoms with E-state index < -0.39 is 0 Å². The van der Waals surface area contributed by atoms with E-state index in [1.807, 2.05) is 0 Å². The van der Waals surface area contributed by atoms with E-state index in [-0.39, 0.29) is 18.0 Å². The van der Waals surface area contributed by atoms with Crippen LogP contribution in [0.1, 0.15) is 10.4 Å². The number of nitrogens with zero attached hydrogens (tertiary/aromatic N) is 2. The molecule has 7 heteroatoms. The van der Waals surface area contributed by atoms with Gasteiger partial charge in [-0.1, -0.05) is 6.07 Å². The molecule has 21 heavy (non-hydrogen) atoms. The highest BCUT2D eigenvalue weighted by atomic mass is 16.5. The summed E-state index contributed by atoms with van der Waals surface area (Å²) in [5.41, 5.74) is 6.73. The molecule has 0 spiro atoms. The molecule has 2 heterocycles. The number of fused-ring (bicyclic) bond motifs is 1. The van der Waals surface area contributed by atoms with Gasteiger partial charge < -0.3 is 25.6 Å². The van der Waals surface area contributed by atoms with E-state index in [9.17, 15) is 9.59 Å². The number of hydrogen-bond acceptors (Lipinski definition) is 4. The largest absolute Gasteiger partial charge is 0.496 e. The Morgan fingerprint density at radius 3 is 3.00 bits per heavy atom. The molecule has 1 aromatic rings. The molecule has 1 unspecified atom stereocenters. The van der Waals surface area contributed by atoms with Crippen LogP contribution in [0.2, 0.25) is 0 Å². The van der Waals surface area contributed by atoms with Gasteiger partial charge in [0.1, 0.15) is 11.3 Å². The number of methoxy groups -OCH3 is 1. The summed E-state index contributed by atoms with van der Waals surface area (Å²) in [5, 5.41) is 2.79. The number of rotatable bonds is 2. The van der Waals surface area contributed by atoms with Crippen molar-refractivity contribution >= 4 is 17.6 Å². The van der Waals surface area contributed by atoms with E-state index in [0.717, 1.165) is 0 Å². The molecule has 3 amide bonds. The third-order valence-electron chi connectivity index (χ3n) is 4.01. The number of piperazine rings is 1. The summed E-state index contributed by atoms with van der Waals surface area (Å²) in [4.78, 5) is 27.8. The summed E-state index contributed by atoms with van der Waals surface area (Å²) in [6.45, 7) is 2.12. The van der Waals surface area contributed by atoms with Crippen LogP contribution >= 0.6 is 0 Å². The number of amides is 3. The van der Waals surface area contributed by atoms with Crippen LogP contribution in [0.5, 0.6) is 5.75 Å². The molecule has 1 atom stereocenters. The minimum absolute atomic E-state index is 0.0335. The Morgan fingerprint density at radius 1 is 1.43 bits per heavy atom. The van der Waals surface area contributed by atoms with Crippen LogP contribution in [-0.2, 0) is 0 Å². The number of anilines is 1. The Balaban J connectivity index is 1.82. The highest BCUT2D eigenvalue weighted by molar-refractivity contribution is 6.02. The predicted octanol–water partition coefficient (Wildman–Crippen LogP) is 0.127. The number of carbonyl (C=O) groups excluding carboxylic acids is 2. The van der Waals surface area contributed by atoms with Crippen molar-refractivity contribution in [2.75, 3.05) is 39.0 Å². The maximum atomic E-state index is 12.7. The van der Waals surface area contributed by atoms with E-state index in [1.54, 1.807) is 28.0 Å². The van der Waals surface area contributed by atoms with E-state index in [0.29, 0.717) is 43.2 Å². The Hall–Kier alpha value is -2.44. The molecule has 2 aliphatic heterocycles. The molecule has 3 N–H and O–H groups in total. The van der Waals surface area contributed by atoms with Crippen LogP contribution in [0.3, 0.4) is 0 Å². The van der Waals surface area contributed by atoms with Gasteiger partial charge in [0.05, 0.1) is 13.2 Å². The lowest BCUT2D eigenvalue weighted by atomic mass is 10.1. The van der Waals surface area contributed by atoms with Crippen molar-refractivity contribution in [3.8, 4) is 5.75 Å². The van der Waals surface area contributed by atoms with E-state index >= 15 is 0 Å². The fraction of sp³-hybridized carbons (Fsp3) is 0.429. The number of benzene rings is 1. The van der Waals surface area contributed by atoms with Gasteiger partial charge in [-0.05, 0) is 12.1 Å². The van der Waals surface area contributed by atoms with Crippen molar-refractivity contribution in [1.29, 1.82) is 0 Å². The smallest absolute Gasteiger partial charge is 0.317 e.